The molecule has 0 saturated heterocycles. The van der Waals surface area contributed by atoms with Gasteiger partial charge in [0, 0.05) is 6.26 Å². The zero-order valence-electron chi connectivity index (χ0n) is 10.8. The van der Waals surface area contributed by atoms with Crippen molar-refractivity contribution in [1.82, 2.24) is 0 Å². The number of carbonyl (C=O) groups is 2. The van der Waals surface area contributed by atoms with E-state index in [1.165, 1.54) is 25.3 Å². The van der Waals surface area contributed by atoms with Crippen LogP contribution < -0.4 is 4.74 Å². The van der Waals surface area contributed by atoms with E-state index in [9.17, 15) is 18.0 Å². The maximum Gasteiger partial charge on any atom is 0.379 e. The number of hydrogen-bond acceptors (Lipinski definition) is 6. The fourth-order valence-electron chi connectivity index (χ4n) is 1.54. The van der Waals surface area contributed by atoms with E-state index in [4.69, 9.17) is 4.74 Å². The number of hydrogen-bond donors (Lipinski definition) is 0. The van der Waals surface area contributed by atoms with E-state index in [2.05, 4.69) is 4.74 Å². The lowest BCUT2D eigenvalue weighted by molar-refractivity contribution is -0.137. The molecule has 1 rings (SSSR count). The average Bonchev–Trinajstić information content (AvgIpc) is 2.36. The monoisotopic (exact) mass is 286 g/mol. The molecule has 0 heterocycles. The van der Waals surface area contributed by atoms with Crippen molar-refractivity contribution in [2.24, 2.45) is 0 Å². The molecule has 0 bridgehead atoms. The molecule has 0 unspecified atom stereocenters. The molecule has 7 heteroatoms. The van der Waals surface area contributed by atoms with Crippen molar-refractivity contribution in [3.63, 3.8) is 0 Å². The van der Waals surface area contributed by atoms with Gasteiger partial charge in [0.1, 0.15) is 10.6 Å². The molecule has 104 valence electrons. The lowest BCUT2D eigenvalue weighted by Gasteiger charge is -2.10. The first-order valence-electron chi connectivity index (χ1n) is 5.41. The predicted molar refractivity (Wildman–Crippen MR) is 67.1 cm³/mol. The summed E-state index contributed by atoms with van der Waals surface area (Å²) >= 11 is 0. The molecule has 0 aliphatic carbocycles. The van der Waals surface area contributed by atoms with Gasteiger partial charge in [-0.15, -0.1) is 0 Å². The third-order valence-electron chi connectivity index (χ3n) is 2.28. The molecule has 0 spiro atoms. The number of Topliss-reactive ketones (excluding diaryl/α,β-unsaturated/α-hetero) is 1. The van der Waals surface area contributed by atoms with Crippen LogP contribution in [0.15, 0.2) is 23.1 Å². The fraction of sp³-hybridized carbons (Fsp3) is 0.333. The molecular weight excluding hydrogens is 272 g/mol. The van der Waals surface area contributed by atoms with E-state index in [-0.39, 0.29) is 22.8 Å². The highest BCUT2D eigenvalue weighted by Crippen LogP contribution is 2.27. The minimum atomic E-state index is -3.72. The highest BCUT2D eigenvalue weighted by molar-refractivity contribution is 7.91. The molecule has 6 nitrogen and oxygen atoms in total. The SMILES string of the molecule is CCOC(=O)C(=O)c1cccc(OC)c1S(C)(=O)=O. The molecule has 19 heavy (non-hydrogen) atoms. The third-order valence-corrected chi connectivity index (χ3v) is 3.44. The number of sulfone groups is 1. The van der Waals surface area contributed by atoms with Crippen molar-refractivity contribution >= 4 is 21.6 Å². The Balaban J connectivity index is 3.44. The van der Waals surface area contributed by atoms with Crippen molar-refractivity contribution in [3.05, 3.63) is 23.8 Å². The fourth-order valence-corrected chi connectivity index (χ4v) is 2.62. The molecule has 0 radical (unpaired) electrons. The van der Waals surface area contributed by atoms with E-state index >= 15 is 0 Å². The van der Waals surface area contributed by atoms with E-state index in [0.717, 1.165) is 6.26 Å². The molecule has 1 aromatic carbocycles. The van der Waals surface area contributed by atoms with Gasteiger partial charge in [-0.3, -0.25) is 4.79 Å². The standard InChI is InChI=1S/C12H14O6S/c1-4-18-12(14)10(13)8-6-5-7-9(17-2)11(8)19(3,15)16/h5-7H,4H2,1-3H3. The van der Waals surface area contributed by atoms with Crippen LogP contribution in [0.25, 0.3) is 0 Å². The zero-order chi connectivity index (χ0) is 14.6. The Kier molecular flexibility index (Phi) is 4.66. The van der Waals surface area contributed by atoms with E-state index in [1.54, 1.807) is 6.92 Å². The van der Waals surface area contributed by atoms with Crippen molar-refractivity contribution in [2.75, 3.05) is 20.0 Å². The van der Waals surface area contributed by atoms with Crippen molar-refractivity contribution in [2.45, 2.75) is 11.8 Å². The van der Waals surface area contributed by atoms with Gasteiger partial charge in [-0.25, -0.2) is 13.2 Å². The Morgan fingerprint density at radius 3 is 2.37 bits per heavy atom. The number of ether oxygens (including phenoxy) is 2. The number of ketones is 1. The van der Waals surface area contributed by atoms with Crippen LogP contribution in [0.3, 0.4) is 0 Å². The van der Waals surface area contributed by atoms with Crippen LogP contribution in [-0.4, -0.2) is 40.1 Å². The number of carbonyl (C=O) groups excluding carboxylic acids is 2. The normalized spacial score (nSPS) is 10.9. The van der Waals surface area contributed by atoms with Crippen molar-refractivity contribution in [3.8, 4) is 5.75 Å². The minimum Gasteiger partial charge on any atom is -0.495 e. The maximum atomic E-state index is 11.9. The van der Waals surface area contributed by atoms with Gasteiger partial charge >= 0.3 is 5.97 Å². The summed E-state index contributed by atoms with van der Waals surface area (Å²) in [6, 6.07) is 4.08. The van der Waals surface area contributed by atoms with Crippen molar-refractivity contribution < 1.29 is 27.5 Å². The highest BCUT2D eigenvalue weighted by Gasteiger charge is 2.27. The van der Waals surface area contributed by atoms with Gasteiger partial charge in [-0.2, -0.15) is 0 Å². The molecule has 0 saturated carbocycles. The Bertz CT molecular complexity index is 603. The lowest BCUT2D eigenvalue weighted by Crippen LogP contribution is -2.20. The largest absolute Gasteiger partial charge is 0.495 e. The number of esters is 1. The van der Waals surface area contributed by atoms with Gasteiger partial charge < -0.3 is 9.47 Å². The predicted octanol–water partition coefficient (Wildman–Crippen LogP) is 0.845. The Labute approximate surface area is 111 Å². The lowest BCUT2D eigenvalue weighted by atomic mass is 10.1. The molecule has 0 aliphatic rings. The van der Waals surface area contributed by atoms with Crippen LogP contribution in [0.2, 0.25) is 0 Å². The molecule has 0 amide bonds. The van der Waals surface area contributed by atoms with Crippen molar-refractivity contribution in [1.29, 1.82) is 0 Å². The van der Waals surface area contributed by atoms with Crippen LogP contribution in [-0.2, 0) is 19.4 Å². The van der Waals surface area contributed by atoms with Gasteiger partial charge in [0.25, 0.3) is 5.78 Å². The molecule has 0 aromatic heterocycles. The van der Waals surface area contributed by atoms with Gasteiger partial charge in [0.2, 0.25) is 0 Å². The summed E-state index contributed by atoms with van der Waals surface area (Å²) in [7, 11) is -2.44. The van der Waals surface area contributed by atoms with E-state index < -0.39 is 21.6 Å². The summed E-state index contributed by atoms with van der Waals surface area (Å²) < 4.78 is 33.0. The Morgan fingerprint density at radius 1 is 1.26 bits per heavy atom. The first-order chi connectivity index (χ1) is 8.82. The molecule has 1 aromatic rings. The van der Waals surface area contributed by atoms with Crippen LogP contribution >= 0.6 is 0 Å². The highest BCUT2D eigenvalue weighted by atomic mass is 32.2. The summed E-state index contributed by atoms with van der Waals surface area (Å²) in [6.07, 6.45) is 0.937. The molecule has 0 N–H and O–H groups in total. The topological polar surface area (TPSA) is 86.7 Å². The minimum absolute atomic E-state index is 0.0117. The summed E-state index contributed by atoms with van der Waals surface area (Å²) in [6.45, 7) is 1.58. The smallest absolute Gasteiger partial charge is 0.379 e. The summed E-state index contributed by atoms with van der Waals surface area (Å²) in [5, 5.41) is 0. The number of benzene rings is 1. The van der Waals surface area contributed by atoms with Gasteiger partial charge in [-0.05, 0) is 19.1 Å². The molecule has 0 aliphatic heterocycles. The summed E-state index contributed by atoms with van der Waals surface area (Å²) in [4.78, 5) is 23.0. The van der Waals surface area contributed by atoms with Gasteiger partial charge in [0.05, 0.1) is 19.3 Å². The van der Waals surface area contributed by atoms with Crippen LogP contribution in [0.5, 0.6) is 5.75 Å². The summed E-state index contributed by atoms with van der Waals surface area (Å²) in [5.41, 5.74) is -0.250. The molecule has 0 fully saturated rings. The quantitative estimate of drug-likeness (QED) is 0.453. The second-order valence-corrected chi connectivity index (χ2v) is 5.61. The number of rotatable bonds is 5. The van der Waals surface area contributed by atoms with Crippen LogP contribution in [0.1, 0.15) is 17.3 Å². The zero-order valence-corrected chi connectivity index (χ0v) is 11.6. The second-order valence-electron chi connectivity index (χ2n) is 3.66. The van der Waals surface area contributed by atoms with Gasteiger partial charge in [-0.1, -0.05) is 6.07 Å². The van der Waals surface area contributed by atoms with E-state index in [1.807, 2.05) is 0 Å². The average molecular weight is 286 g/mol. The second kappa shape index (κ2) is 5.83. The molecule has 0 atom stereocenters. The first kappa shape index (κ1) is 15.2. The van der Waals surface area contributed by atoms with Crippen LogP contribution in [0, 0.1) is 0 Å². The van der Waals surface area contributed by atoms with E-state index in [0.29, 0.717) is 0 Å². The number of methoxy groups -OCH3 is 1. The van der Waals surface area contributed by atoms with Gasteiger partial charge in [0.15, 0.2) is 9.84 Å². The Hall–Kier alpha value is -1.89. The van der Waals surface area contributed by atoms with Crippen LogP contribution in [0.4, 0.5) is 0 Å². The first-order valence-corrected chi connectivity index (χ1v) is 7.30. The Morgan fingerprint density at radius 2 is 1.89 bits per heavy atom. The third kappa shape index (κ3) is 3.31. The maximum absolute atomic E-state index is 11.9. The summed E-state index contributed by atoms with van der Waals surface area (Å²) in [5.74, 6) is -2.10. The molecular formula is C12H14O6S.